The Morgan fingerprint density at radius 1 is 1.15 bits per heavy atom. The lowest BCUT2D eigenvalue weighted by atomic mass is 9.98. The van der Waals surface area contributed by atoms with Gasteiger partial charge in [-0.1, -0.05) is 25.1 Å². The number of nitrogens with zero attached hydrogens (tertiary/aromatic N) is 1. The first-order valence-corrected chi connectivity index (χ1v) is 10.5. The topological polar surface area (TPSA) is 90.1 Å². The van der Waals surface area contributed by atoms with Gasteiger partial charge in [0, 0.05) is 34.0 Å². The summed E-state index contributed by atoms with van der Waals surface area (Å²) in [7, 11) is -3.74. The number of ketones is 1. The molecule has 0 saturated carbocycles. The van der Waals surface area contributed by atoms with Crippen LogP contribution in [0.15, 0.2) is 58.9 Å². The Hall–Kier alpha value is -2.35. The van der Waals surface area contributed by atoms with Crippen LogP contribution in [0.3, 0.4) is 0 Å². The zero-order chi connectivity index (χ0) is 18.7. The average molecular weight is 386 g/mol. The molecule has 26 heavy (non-hydrogen) atoms. The number of primary sulfonamides is 1. The number of Topliss-reactive ketones (excluding diaryl/α,β-unsaturated/α-hetero) is 1. The largest absolute Gasteiger partial charge is 0.294 e. The number of hydrogen-bond acceptors (Lipinski definition) is 5. The molecule has 134 valence electrons. The summed E-state index contributed by atoms with van der Waals surface area (Å²) in [6.45, 7) is 1.97. The van der Waals surface area contributed by atoms with Crippen molar-refractivity contribution in [1.29, 1.82) is 0 Å². The Labute approximate surface area is 156 Å². The van der Waals surface area contributed by atoms with Crippen molar-refractivity contribution in [3.8, 4) is 21.7 Å². The standard InChI is InChI=1S/C19H18N2O3S2/c1-2-5-17(22)15-12-25-19(18(15)16-6-3-4-11-21-16)13-7-9-14(10-8-13)26(20,23)24/h3-4,6-12H,2,5H2,1H3,(H2,20,23,24). The van der Waals surface area contributed by atoms with Crippen molar-refractivity contribution in [2.24, 2.45) is 5.14 Å². The summed E-state index contributed by atoms with van der Waals surface area (Å²) in [4.78, 5) is 17.9. The van der Waals surface area contributed by atoms with E-state index >= 15 is 0 Å². The highest BCUT2D eigenvalue weighted by Gasteiger charge is 2.21. The molecule has 2 aromatic heterocycles. The second kappa shape index (κ2) is 7.49. The number of nitrogens with two attached hydrogens (primary N) is 1. The summed E-state index contributed by atoms with van der Waals surface area (Å²) in [6, 6.07) is 11.9. The van der Waals surface area contributed by atoms with Gasteiger partial charge in [0.1, 0.15) is 0 Å². The van der Waals surface area contributed by atoms with E-state index in [1.54, 1.807) is 18.3 Å². The van der Waals surface area contributed by atoms with Crippen LogP contribution >= 0.6 is 11.3 Å². The highest BCUT2D eigenvalue weighted by Crippen LogP contribution is 2.40. The van der Waals surface area contributed by atoms with Crippen molar-refractivity contribution in [3.63, 3.8) is 0 Å². The number of aromatic nitrogens is 1. The molecule has 0 aliphatic carbocycles. The van der Waals surface area contributed by atoms with E-state index in [4.69, 9.17) is 5.14 Å². The summed E-state index contributed by atoms with van der Waals surface area (Å²) in [5.74, 6) is 0.0804. The van der Waals surface area contributed by atoms with Crippen LogP contribution in [0.2, 0.25) is 0 Å². The van der Waals surface area contributed by atoms with Crippen molar-refractivity contribution in [2.75, 3.05) is 0 Å². The fourth-order valence-electron chi connectivity index (χ4n) is 2.70. The van der Waals surface area contributed by atoms with E-state index in [0.29, 0.717) is 12.0 Å². The van der Waals surface area contributed by atoms with Gasteiger partial charge in [0.25, 0.3) is 0 Å². The van der Waals surface area contributed by atoms with Crippen LogP contribution in [0.1, 0.15) is 30.1 Å². The lowest BCUT2D eigenvalue weighted by molar-refractivity contribution is 0.0983. The van der Waals surface area contributed by atoms with E-state index in [1.165, 1.54) is 23.5 Å². The third kappa shape index (κ3) is 3.75. The number of thiophene rings is 1. The molecule has 0 saturated heterocycles. The summed E-state index contributed by atoms with van der Waals surface area (Å²) in [5.41, 5.74) is 2.98. The molecular weight excluding hydrogens is 368 g/mol. The maximum atomic E-state index is 12.6. The van der Waals surface area contributed by atoms with Crippen molar-refractivity contribution >= 4 is 27.1 Å². The van der Waals surface area contributed by atoms with Gasteiger partial charge in [0.15, 0.2) is 5.78 Å². The Morgan fingerprint density at radius 3 is 2.46 bits per heavy atom. The van der Waals surface area contributed by atoms with Crippen LogP contribution in [-0.2, 0) is 10.0 Å². The number of hydrogen-bond donors (Lipinski definition) is 1. The van der Waals surface area contributed by atoms with E-state index in [-0.39, 0.29) is 10.7 Å². The van der Waals surface area contributed by atoms with Gasteiger partial charge in [-0.3, -0.25) is 9.78 Å². The fourth-order valence-corrected chi connectivity index (χ4v) is 4.30. The van der Waals surface area contributed by atoms with Crippen LogP contribution in [-0.4, -0.2) is 19.2 Å². The van der Waals surface area contributed by atoms with Crippen LogP contribution < -0.4 is 5.14 Å². The van der Waals surface area contributed by atoms with Crippen molar-refractivity contribution in [2.45, 2.75) is 24.7 Å². The van der Waals surface area contributed by atoms with Gasteiger partial charge < -0.3 is 0 Å². The Kier molecular flexibility index (Phi) is 5.31. The predicted molar refractivity (Wildman–Crippen MR) is 104 cm³/mol. The van der Waals surface area contributed by atoms with Crippen molar-refractivity contribution in [3.05, 3.63) is 59.6 Å². The van der Waals surface area contributed by atoms with E-state index in [1.807, 2.05) is 30.5 Å². The summed E-state index contributed by atoms with van der Waals surface area (Å²) in [5, 5.41) is 7.02. The maximum absolute atomic E-state index is 12.6. The second-order valence-corrected chi connectivity index (χ2v) is 8.25. The van der Waals surface area contributed by atoms with Crippen LogP contribution in [0, 0.1) is 0 Å². The normalized spacial score (nSPS) is 11.5. The molecule has 0 radical (unpaired) electrons. The molecule has 0 amide bonds. The summed E-state index contributed by atoms with van der Waals surface area (Å²) < 4.78 is 22.9. The lowest BCUT2D eigenvalue weighted by Gasteiger charge is -2.08. The van der Waals surface area contributed by atoms with Gasteiger partial charge in [-0.2, -0.15) is 0 Å². The molecule has 0 atom stereocenters. The maximum Gasteiger partial charge on any atom is 0.238 e. The van der Waals surface area contributed by atoms with Crippen molar-refractivity contribution < 1.29 is 13.2 Å². The first kappa shape index (κ1) is 18.4. The van der Waals surface area contributed by atoms with Crippen molar-refractivity contribution in [1.82, 2.24) is 4.98 Å². The smallest absolute Gasteiger partial charge is 0.238 e. The Bertz CT molecular complexity index is 1020. The van der Waals surface area contributed by atoms with E-state index in [0.717, 1.165) is 28.1 Å². The number of benzene rings is 1. The number of rotatable bonds is 6. The van der Waals surface area contributed by atoms with Gasteiger partial charge in [0.2, 0.25) is 10.0 Å². The molecule has 2 heterocycles. The number of carbonyl (C=O) groups is 1. The minimum atomic E-state index is -3.74. The summed E-state index contributed by atoms with van der Waals surface area (Å²) >= 11 is 1.45. The molecule has 0 bridgehead atoms. The van der Waals surface area contributed by atoms with Gasteiger partial charge in [-0.15, -0.1) is 11.3 Å². The van der Waals surface area contributed by atoms with Gasteiger partial charge >= 0.3 is 0 Å². The molecule has 7 heteroatoms. The molecule has 3 rings (SSSR count). The first-order chi connectivity index (χ1) is 12.4. The van der Waals surface area contributed by atoms with Gasteiger partial charge in [-0.25, -0.2) is 13.6 Å². The molecule has 5 nitrogen and oxygen atoms in total. The third-order valence-electron chi connectivity index (χ3n) is 3.93. The zero-order valence-corrected chi connectivity index (χ0v) is 15.8. The monoisotopic (exact) mass is 386 g/mol. The Balaban J connectivity index is 2.15. The van der Waals surface area contributed by atoms with Gasteiger partial charge in [0.05, 0.1) is 10.6 Å². The number of pyridine rings is 1. The molecule has 1 aromatic carbocycles. The number of sulfonamides is 1. The molecule has 0 unspecified atom stereocenters. The molecule has 0 aliphatic heterocycles. The zero-order valence-electron chi connectivity index (χ0n) is 14.2. The average Bonchev–Trinajstić information content (AvgIpc) is 3.07. The summed E-state index contributed by atoms with van der Waals surface area (Å²) in [6.07, 6.45) is 2.93. The molecule has 0 aliphatic rings. The number of carbonyl (C=O) groups excluding carboxylic acids is 1. The van der Waals surface area contributed by atoms with Gasteiger partial charge in [-0.05, 0) is 36.2 Å². The molecule has 0 fully saturated rings. The minimum absolute atomic E-state index is 0.0551. The van der Waals surface area contributed by atoms with Crippen LogP contribution in [0.25, 0.3) is 21.7 Å². The van der Waals surface area contributed by atoms with Crippen LogP contribution in [0.4, 0.5) is 0 Å². The third-order valence-corrected chi connectivity index (χ3v) is 5.89. The first-order valence-electron chi connectivity index (χ1n) is 8.11. The Morgan fingerprint density at radius 2 is 1.88 bits per heavy atom. The highest BCUT2D eigenvalue weighted by molar-refractivity contribution is 7.89. The highest BCUT2D eigenvalue weighted by atomic mass is 32.2. The fraction of sp³-hybridized carbons (Fsp3) is 0.158. The molecule has 2 N–H and O–H groups in total. The molecule has 3 aromatic rings. The quantitative estimate of drug-likeness (QED) is 0.646. The van der Waals surface area contributed by atoms with Crippen LogP contribution in [0.5, 0.6) is 0 Å². The molecule has 0 spiro atoms. The predicted octanol–water partition coefficient (Wildman–Crippen LogP) is 4.11. The SMILES string of the molecule is CCCC(=O)c1csc(-c2ccc(S(N)(=O)=O)cc2)c1-c1ccccn1. The molecular formula is C19H18N2O3S2. The lowest BCUT2D eigenvalue weighted by Crippen LogP contribution is -2.11. The second-order valence-electron chi connectivity index (χ2n) is 5.81. The minimum Gasteiger partial charge on any atom is -0.294 e. The van der Waals surface area contributed by atoms with E-state index in [2.05, 4.69) is 4.98 Å². The van der Waals surface area contributed by atoms with E-state index in [9.17, 15) is 13.2 Å². The van der Waals surface area contributed by atoms with E-state index < -0.39 is 10.0 Å².